The van der Waals surface area contributed by atoms with E-state index in [9.17, 15) is 0 Å². The number of aliphatic hydroxyl groups excluding tert-OH is 1. The number of anilines is 2. The summed E-state index contributed by atoms with van der Waals surface area (Å²) in [6, 6.07) is 7.77. The lowest BCUT2D eigenvalue weighted by Crippen LogP contribution is -2.44. The lowest BCUT2D eigenvalue weighted by Gasteiger charge is -2.34. The highest BCUT2D eigenvalue weighted by molar-refractivity contribution is 5.67. The topological polar surface area (TPSA) is 58.7 Å². The molecule has 0 radical (unpaired) electrons. The monoisotopic (exact) mass is 208 g/mol. The average Bonchev–Trinajstić information content (AvgIpc) is 2.30. The molecule has 3 N–H and O–H groups in total. The van der Waals surface area contributed by atoms with Gasteiger partial charge in [-0.05, 0) is 12.1 Å². The number of nitrogens with zero attached hydrogens (tertiary/aromatic N) is 1. The predicted octanol–water partition coefficient (Wildman–Crippen LogP) is 0.466. The smallest absolute Gasteiger partial charge is 0.0980 e. The van der Waals surface area contributed by atoms with E-state index in [2.05, 4.69) is 4.90 Å². The van der Waals surface area contributed by atoms with Crippen LogP contribution in [0.3, 0.4) is 0 Å². The van der Waals surface area contributed by atoms with Crippen molar-refractivity contribution in [2.75, 3.05) is 36.9 Å². The molecule has 1 aromatic rings. The Morgan fingerprint density at radius 3 is 3.00 bits per heavy atom. The fourth-order valence-electron chi connectivity index (χ4n) is 1.82. The SMILES string of the molecule is Nc1ccccc1N1CCOC(CO)C1. The molecule has 0 aromatic heterocycles. The van der Waals surface area contributed by atoms with Gasteiger partial charge in [-0.25, -0.2) is 0 Å². The standard InChI is InChI=1S/C11H16N2O2/c12-10-3-1-2-4-11(10)13-5-6-15-9(7-13)8-14/h1-4,9,14H,5-8,12H2. The van der Waals surface area contributed by atoms with Gasteiger partial charge in [0.2, 0.25) is 0 Å². The zero-order chi connectivity index (χ0) is 10.7. The second-order valence-corrected chi connectivity index (χ2v) is 3.68. The van der Waals surface area contributed by atoms with E-state index in [1.54, 1.807) is 0 Å². The molecule has 1 unspecified atom stereocenters. The van der Waals surface area contributed by atoms with Crippen molar-refractivity contribution >= 4 is 11.4 Å². The van der Waals surface area contributed by atoms with Crippen molar-refractivity contribution in [2.24, 2.45) is 0 Å². The van der Waals surface area contributed by atoms with Crippen LogP contribution in [0.1, 0.15) is 0 Å². The number of ether oxygens (including phenoxy) is 1. The number of para-hydroxylation sites is 2. The van der Waals surface area contributed by atoms with Gasteiger partial charge in [-0.2, -0.15) is 0 Å². The van der Waals surface area contributed by atoms with Crippen molar-refractivity contribution in [1.82, 2.24) is 0 Å². The molecule has 0 amide bonds. The number of nitrogens with two attached hydrogens (primary N) is 1. The summed E-state index contributed by atoms with van der Waals surface area (Å²) in [5, 5.41) is 9.04. The number of aliphatic hydroxyl groups is 1. The van der Waals surface area contributed by atoms with E-state index in [1.807, 2.05) is 24.3 Å². The van der Waals surface area contributed by atoms with E-state index >= 15 is 0 Å². The molecule has 1 aliphatic heterocycles. The Bertz CT molecular complexity index is 330. The normalized spacial score (nSPS) is 21.7. The molecule has 4 heteroatoms. The minimum absolute atomic E-state index is 0.0588. The highest BCUT2D eigenvalue weighted by Crippen LogP contribution is 2.24. The Kier molecular flexibility index (Phi) is 3.08. The summed E-state index contributed by atoms with van der Waals surface area (Å²) in [6.45, 7) is 2.22. The van der Waals surface area contributed by atoms with Crippen molar-refractivity contribution in [1.29, 1.82) is 0 Å². The summed E-state index contributed by atoms with van der Waals surface area (Å²) in [5.74, 6) is 0. The Balaban J connectivity index is 2.13. The van der Waals surface area contributed by atoms with Crippen LogP contribution in [0.25, 0.3) is 0 Å². The maximum atomic E-state index is 9.04. The molecule has 0 saturated carbocycles. The molecule has 15 heavy (non-hydrogen) atoms. The van der Waals surface area contributed by atoms with E-state index < -0.39 is 0 Å². The van der Waals surface area contributed by atoms with Gasteiger partial charge in [0.15, 0.2) is 0 Å². The summed E-state index contributed by atoms with van der Waals surface area (Å²) in [5.41, 5.74) is 7.69. The van der Waals surface area contributed by atoms with Gasteiger partial charge in [-0.3, -0.25) is 0 Å². The van der Waals surface area contributed by atoms with Crippen molar-refractivity contribution < 1.29 is 9.84 Å². The largest absolute Gasteiger partial charge is 0.397 e. The van der Waals surface area contributed by atoms with Crippen molar-refractivity contribution in [3.8, 4) is 0 Å². The highest BCUT2D eigenvalue weighted by atomic mass is 16.5. The Morgan fingerprint density at radius 1 is 1.47 bits per heavy atom. The molecule has 1 aliphatic rings. The third kappa shape index (κ3) is 2.22. The Morgan fingerprint density at radius 2 is 2.27 bits per heavy atom. The number of hydrogen-bond donors (Lipinski definition) is 2. The molecule has 1 fully saturated rings. The van der Waals surface area contributed by atoms with Crippen LogP contribution in [0.5, 0.6) is 0 Å². The van der Waals surface area contributed by atoms with E-state index in [-0.39, 0.29) is 12.7 Å². The van der Waals surface area contributed by atoms with E-state index in [0.717, 1.165) is 17.9 Å². The summed E-state index contributed by atoms with van der Waals surface area (Å²) in [7, 11) is 0. The summed E-state index contributed by atoms with van der Waals surface area (Å²) in [6.07, 6.45) is -0.0987. The molecule has 0 aliphatic carbocycles. The number of benzene rings is 1. The van der Waals surface area contributed by atoms with Crippen LogP contribution in [0, 0.1) is 0 Å². The first-order valence-electron chi connectivity index (χ1n) is 5.13. The van der Waals surface area contributed by atoms with Gasteiger partial charge in [-0.15, -0.1) is 0 Å². The molecular formula is C11H16N2O2. The van der Waals surface area contributed by atoms with Gasteiger partial charge in [0.05, 0.1) is 30.7 Å². The first-order chi connectivity index (χ1) is 7.31. The third-order valence-corrected chi connectivity index (χ3v) is 2.62. The molecule has 1 aromatic carbocycles. The fraction of sp³-hybridized carbons (Fsp3) is 0.455. The van der Waals surface area contributed by atoms with Gasteiger partial charge in [-0.1, -0.05) is 12.1 Å². The van der Waals surface area contributed by atoms with Crippen LogP contribution in [0.15, 0.2) is 24.3 Å². The number of hydrogen-bond acceptors (Lipinski definition) is 4. The van der Waals surface area contributed by atoms with Crippen molar-refractivity contribution in [3.63, 3.8) is 0 Å². The number of nitrogen functional groups attached to an aromatic ring is 1. The van der Waals surface area contributed by atoms with Crippen LogP contribution < -0.4 is 10.6 Å². The maximum absolute atomic E-state index is 9.04. The summed E-state index contributed by atoms with van der Waals surface area (Å²) >= 11 is 0. The zero-order valence-electron chi connectivity index (χ0n) is 8.60. The van der Waals surface area contributed by atoms with Gasteiger partial charge in [0.25, 0.3) is 0 Å². The van der Waals surface area contributed by atoms with Crippen LogP contribution >= 0.6 is 0 Å². The Labute approximate surface area is 89.3 Å². The lowest BCUT2D eigenvalue weighted by atomic mass is 10.2. The third-order valence-electron chi connectivity index (χ3n) is 2.62. The summed E-state index contributed by atoms with van der Waals surface area (Å²) < 4.78 is 5.39. The molecule has 0 bridgehead atoms. The predicted molar refractivity (Wildman–Crippen MR) is 59.9 cm³/mol. The minimum atomic E-state index is -0.0987. The van der Waals surface area contributed by atoms with Crippen LogP contribution in [0.2, 0.25) is 0 Å². The van der Waals surface area contributed by atoms with Gasteiger partial charge < -0.3 is 20.5 Å². The van der Waals surface area contributed by atoms with Gasteiger partial charge >= 0.3 is 0 Å². The molecule has 4 nitrogen and oxygen atoms in total. The number of rotatable bonds is 2. The number of morpholine rings is 1. The second kappa shape index (κ2) is 4.51. The quantitative estimate of drug-likeness (QED) is 0.693. The van der Waals surface area contributed by atoms with Crippen LogP contribution in [0.4, 0.5) is 11.4 Å². The van der Waals surface area contributed by atoms with Crippen molar-refractivity contribution in [2.45, 2.75) is 6.10 Å². The molecule has 1 atom stereocenters. The molecule has 2 rings (SSSR count). The Hall–Kier alpha value is -1.26. The van der Waals surface area contributed by atoms with Crippen molar-refractivity contribution in [3.05, 3.63) is 24.3 Å². The van der Waals surface area contributed by atoms with E-state index in [1.165, 1.54) is 0 Å². The first-order valence-corrected chi connectivity index (χ1v) is 5.13. The summed E-state index contributed by atoms with van der Waals surface area (Å²) in [4.78, 5) is 2.15. The lowest BCUT2D eigenvalue weighted by molar-refractivity contribution is 0.00360. The molecule has 1 heterocycles. The van der Waals surface area contributed by atoms with E-state index in [4.69, 9.17) is 15.6 Å². The first kappa shape index (κ1) is 10.3. The fourth-order valence-corrected chi connectivity index (χ4v) is 1.82. The van der Waals surface area contributed by atoms with Crippen LogP contribution in [-0.2, 0) is 4.74 Å². The molecule has 0 spiro atoms. The molecule has 82 valence electrons. The van der Waals surface area contributed by atoms with Gasteiger partial charge in [0, 0.05) is 13.1 Å². The van der Waals surface area contributed by atoms with Gasteiger partial charge in [0.1, 0.15) is 0 Å². The zero-order valence-corrected chi connectivity index (χ0v) is 8.60. The molecule has 1 saturated heterocycles. The highest BCUT2D eigenvalue weighted by Gasteiger charge is 2.20. The minimum Gasteiger partial charge on any atom is -0.397 e. The average molecular weight is 208 g/mol. The maximum Gasteiger partial charge on any atom is 0.0980 e. The van der Waals surface area contributed by atoms with E-state index in [0.29, 0.717) is 13.2 Å². The molecular weight excluding hydrogens is 192 g/mol. The second-order valence-electron chi connectivity index (χ2n) is 3.68. The van der Waals surface area contributed by atoms with Crippen LogP contribution in [-0.4, -0.2) is 37.5 Å².